The first-order valence-electron chi connectivity index (χ1n) is 6.54. The average molecular weight is 350 g/mol. The molecule has 4 nitrogen and oxygen atoms in total. The molecule has 0 aliphatic rings. The van der Waals surface area contributed by atoms with Gasteiger partial charge in [-0.15, -0.1) is 0 Å². The quantitative estimate of drug-likeness (QED) is 0.658. The fraction of sp³-hybridized carbons (Fsp3) is 0.188. The van der Waals surface area contributed by atoms with Crippen molar-refractivity contribution in [3.8, 4) is 5.75 Å². The van der Waals surface area contributed by atoms with Crippen molar-refractivity contribution in [2.45, 2.75) is 13.5 Å². The summed E-state index contributed by atoms with van der Waals surface area (Å²) < 4.78 is 11.7. The summed E-state index contributed by atoms with van der Waals surface area (Å²) in [6.07, 6.45) is 0. The number of nitrogen functional groups attached to an aromatic ring is 1. The number of benzene rings is 2. The first-order chi connectivity index (χ1) is 10.1. The average Bonchev–Trinajstić information content (AvgIpc) is 2.46. The number of carbonyl (C=O) groups is 1. The van der Waals surface area contributed by atoms with Crippen LogP contribution in [-0.4, -0.2) is 12.6 Å². The van der Waals surface area contributed by atoms with Crippen LogP contribution >= 0.6 is 15.9 Å². The fourth-order valence-corrected chi connectivity index (χ4v) is 2.21. The van der Waals surface area contributed by atoms with Gasteiger partial charge >= 0.3 is 5.97 Å². The monoisotopic (exact) mass is 349 g/mol. The van der Waals surface area contributed by atoms with Crippen molar-refractivity contribution < 1.29 is 14.3 Å². The molecule has 0 saturated carbocycles. The normalized spacial score (nSPS) is 10.2. The molecule has 0 spiro atoms. The smallest absolute Gasteiger partial charge is 0.341 e. The zero-order valence-corrected chi connectivity index (χ0v) is 13.2. The summed E-state index contributed by atoms with van der Waals surface area (Å²) in [6, 6.07) is 12.6. The van der Waals surface area contributed by atoms with E-state index in [2.05, 4.69) is 15.9 Å². The van der Waals surface area contributed by atoms with Gasteiger partial charge in [0.05, 0.1) is 6.61 Å². The van der Waals surface area contributed by atoms with Gasteiger partial charge in [0, 0.05) is 21.8 Å². The summed E-state index contributed by atoms with van der Waals surface area (Å²) in [4.78, 5) is 11.9. The lowest BCUT2D eigenvalue weighted by Crippen LogP contribution is -2.08. The standard InChI is InChI=1S/C16H16BrNO3/c1-2-20-16(19)13-8-7-12(18)9-15(13)21-10-11-5-3-4-6-14(11)17/h3-9H,2,10,18H2,1H3. The van der Waals surface area contributed by atoms with Crippen LogP contribution in [0, 0.1) is 0 Å². The topological polar surface area (TPSA) is 61.5 Å². The van der Waals surface area contributed by atoms with E-state index in [1.54, 1.807) is 25.1 Å². The highest BCUT2D eigenvalue weighted by molar-refractivity contribution is 9.10. The van der Waals surface area contributed by atoms with Gasteiger partial charge in [0.1, 0.15) is 17.9 Å². The van der Waals surface area contributed by atoms with E-state index < -0.39 is 5.97 Å². The van der Waals surface area contributed by atoms with Gasteiger partial charge < -0.3 is 15.2 Å². The SMILES string of the molecule is CCOC(=O)c1ccc(N)cc1OCc1ccccc1Br. The van der Waals surface area contributed by atoms with Crippen molar-refractivity contribution in [2.24, 2.45) is 0 Å². The van der Waals surface area contributed by atoms with Gasteiger partial charge in [-0.05, 0) is 25.1 Å². The number of rotatable bonds is 5. The van der Waals surface area contributed by atoms with Crippen LogP contribution in [0.3, 0.4) is 0 Å². The molecule has 2 N–H and O–H groups in total. The van der Waals surface area contributed by atoms with Crippen LogP contribution in [0.25, 0.3) is 0 Å². The molecule has 0 radical (unpaired) electrons. The van der Waals surface area contributed by atoms with Crippen molar-refractivity contribution >= 4 is 27.6 Å². The number of halogens is 1. The molecule has 2 aromatic carbocycles. The van der Waals surface area contributed by atoms with Crippen molar-refractivity contribution in [3.05, 3.63) is 58.1 Å². The van der Waals surface area contributed by atoms with E-state index in [4.69, 9.17) is 15.2 Å². The van der Waals surface area contributed by atoms with Gasteiger partial charge in [0.25, 0.3) is 0 Å². The molecule has 0 atom stereocenters. The second-order valence-electron chi connectivity index (χ2n) is 4.36. The molecule has 2 aromatic rings. The molecule has 2 rings (SSSR count). The summed E-state index contributed by atoms with van der Waals surface area (Å²) in [6.45, 7) is 2.40. The first-order valence-corrected chi connectivity index (χ1v) is 7.34. The number of carbonyl (C=O) groups excluding carboxylic acids is 1. The molecule has 0 amide bonds. The molecule has 21 heavy (non-hydrogen) atoms. The molecule has 0 bridgehead atoms. The lowest BCUT2D eigenvalue weighted by atomic mass is 10.2. The van der Waals surface area contributed by atoms with Gasteiger partial charge in [-0.2, -0.15) is 0 Å². The Hall–Kier alpha value is -2.01. The van der Waals surface area contributed by atoms with Gasteiger partial charge in [-0.3, -0.25) is 0 Å². The van der Waals surface area contributed by atoms with Gasteiger partial charge in [-0.1, -0.05) is 34.1 Å². The Morgan fingerprint density at radius 3 is 2.71 bits per heavy atom. The van der Waals surface area contributed by atoms with E-state index in [0.717, 1.165) is 10.0 Å². The highest BCUT2D eigenvalue weighted by Gasteiger charge is 2.14. The number of ether oxygens (including phenoxy) is 2. The molecular formula is C16H16BrNO3. The van der Waals surface area contributed by atoms with Crippen LogP contribution in [-0.2, 0) is 11.3 Å². The number of anilines is 1. The van der Waals surface area contributed by atoms with E-state index in [0.29, 0.717) is 30.2 Å². The highest BCUT2D eigenvalue weighted by atomic mass is 79.9. The minimum atomic E-state index is -0.417. The Balaban J connectivity index is 2.20. The third-order valence-corrected chi connectivity index (χ3v) is 3.62. The second kappa shape index (κ2) is 7.13. The Kier molecular flexibility index (Phi) is 5.22. The maximum Gasteiger partial charge on any atom is 0.341 e. The molecule has 0 aliphatic carbocycles. The Morgan fingerprint density at radius 1 is 1.24 bits per heavy atom. The third kappa shape index (κ3) is 3.98. The van der Waals surface area contributed by atoms with Crippen LogP contribution < -0.4 is 10.5 Å². The van der Waals surface area contributed by atoms with Crippen molar-refractivity contribution in [1.82, 2.24) is 0 Å². The second-order valence-corrected chi connectivity index (χ2v) is 5.21. The van der Waals surface area contributed by atoms with E-state index in [1.165, 1.54) is 0 Å². The van der Waals surface area contributed by atoms with Crippen molar-refractivity contribution in [2.75, 3.05) is 12.3 Å². The van der Waals surface area contributed by atoms with Gasteiger partial charge in [-0.25, -0.2) is 4.79 Å². The molecule has 0 aromatic heterocycles. The van der Waals surface area contributed by atoms with Gasteiger partial charge in [0.15, 0.2) is 0 Å². The van der Waals surface area contributed by atoms with Crippen LogP contribution in [0.15, 0.2) is 46.9 Å². The lowest BCUT2D eigenvalue weighted by molar-refractivity contribution is 0.0521. The minimum Gasteiger partial charge on any atom is -0.488 e. The van der Waals surface area contributed by atoms with E-state index in [9.17, 15) is 4.79 Å². The summed E-state index contributed by atoms with van der Waals surface area (Å²) in [7, 11) is 0. The predicted octanol–water partition coefficient (Wildman–Crippen LogP) is 3.79. The summed E-state index contributed by atoms with van der Waals surface area (Å²) >= 11 is 3.46. The zero-order valence-electron chi connectivity index (χ0n) is 11.6. The van der Waals surface area contributed by atoms with Crippen molar-refractivity contribution in [1.29, 1.82) is 0 Å². The minimum absolute atomic E-state index is 0.312. The third-order valence-electron chi connectivity index (χ3n) is 2.84. The number of hydrogen-bond donors (Lipinski definition) is 1. The fourth-order valence-electron chi connectivity index (χ4n) is 1.81. The van der Waals surface area contributed by atoms with Crippen LogP contribution in [0.4, 0.5) is 5.69 Å². The number of nitrogens with two attached hydrogens (primary N) is 1. The Bertz CT molecular complexity index is 643. The predicted molar refractivity (Wildman–Crippen MR) is 85.3 cm³/mol. The number of esters is 1. The Labute approximate surface area is 132 Å². The maximum atomic E-state index is 11.9. The molecule has 0 fully saturated rings. The zero-order chi connectivity index (χ0) is 15.2. The summed E-state index contributed by atoms with van der Waals surface area (Å²) in [5, 5.41) is 0. The molecule has 0 saturated heterocycles. The maximum absolute atomic E-state index is 11.9. The molecule has 0 aliphatic heterocycles. The summed E-state index contributed by atoms with van der Waals surface area (Å²) in [5.74, 6) is 0.00355. The molecule has 110 valence electrons. The largest absolute Gasteiger partial charge is 0.488 e. The summed E-state index contributed by atoms with van der Waals surface area (Å²) in [5.41, 5.74) is 7.65. The van der Waals surface area contributed by atoms with Gasteiger partial charge in [0.2, 0.25) is 0 Å². The molecule has 5 heteroatoms. The van der Waals surface area contributed by atoms with Crippen LogP contribution in [0.5, 0.6) is 5.75 Å². The van der Waals surface area contributed by atoms with E-state index in [1.807, 2.05) is 24.3 Å². The van der Waals surface area contributed by atoms with Crippen LogP contribution in [0.1, 0.15) is 22.8 Å². The molecule has 0 unspecified atom stereocenters. The Morgan fingerprint density at radius 2 is 2.00 bits per heavy atom. The molecule has 0 heterocycles. The van der Waals surface area contributed by atoms with Crippen molar-refractivity contribution in [3.63, 3.8) is 0 Å². The number of hydrogen-bond acceptors (Lipinski definition) is 4. The molecular weight excluding hydrogens is 334 g/mol. The first kappa shape index (κ1) is 15.4. The van der Waals surface area contributed by atoms with E-state index >= 15 is 0 Å². The van der Waals surface area contributed by atoms with E-state index in [-0.39, 0.29) is 0 Å². The van der Waals surface area contributed by atoms with Crippen LogP contribution in [0.2, 0.25) is 0 Å². The lowest BCUT2D eigenvalue weighted by Gasteiger charge is -2.12. The highest BCUT2D eigenvalue weighted by Crippen LogP contribution is 2.25.